The van der Waals surface area contributed by atoms with Gasteiger partial charge in [0.25, 0.3) is 0 Å². The van der Waals surface area contributed by atoms with Crippen molar-refractivity contribution in [2.45, 2.75) is 13.8 Å². The van der Waals surface area contributed by atoms with Gasteiger partial charge in [0.15, 0.2) is 0 Å². The van der Waals surface area contributed by atoms with E-state index >= 15 is 0 Å². The lowest BCUT2D eigenvalue weighted by molar-refractivity contribution is 0.0527. The van der Waals surface area contributed by atoms with Crippen LogP contribution in [0, 0.1) is 6.92 Å². The summed E-state index contributed by atoms with van der Waals surface area (Å²) in [5.41, 5.74) is 7.07. The van der Waals surface area contributed by atoms with E-state index in [0.717, 1.165) is 5.56 Å². The largest absolute Gasteiger partial charge is 0.462 e. The van der Waals surface area contributed by atoms with Crippen LogP contribution in [-0.4, -0.2) is 12.6 Å². The van der Waals surface area contributed by atoms with E-state index in [1.54, 1.807) is 19.9 Å². The van der Waals surface area contributed by atoms with E-state index in [9.17, 15) is 4.79 Å². The number of benzene rings is 1. The minimum Gasteiger partial charge on any atom is -0.462 e. The average molecular weight is 293 g/mol. The van der Waals surface area contributed by atoms with Gasteiger partial charge in [0.1, 0.15) is 5.56 Å². The second-order valence-electron chi connectivity index (χ2n) is 3.00. The number of esters is 1. The number of rotatable bonds is 2. The van der Waals surface area contributed by atoms with E-state index in [-0.39, 0.29) is 5.56 Å². The van der Waals surface area contributed by atoms with Gasteiger partial charge in [0.2, 0.25) is 0 Å². The molecular weight excluding hydrogens is 281 g/mol. The highest BCUT2D eigenvalue weighted by atomic mass is 79.9. The first-order valence-electron chi connectivity index (χ1n) is 4.40. The van der Waals surface area contributed by atoms with Crippen molar-refractivity contribution < 1.29 is 9.53 Å². The molecule has 2 N–H and O–H groups in total. The second-order valence-corrected chi connectivity index (χ2v) is 4.23. The Balaban J connectivity index is 3.32. The second kappa shape index (κ2) is 4.86. The summed E-state index contributed by atoms with van der Waals surface area (Å²) in [6, 6.07) is 1.76. The summed E-state index contributed by atoms with van der Waals surface area (Å²) in [6.45, 7) is 3.82. The molecule has 0 radical (unpaired) electrons. The molecule has 1 aromatic rings. The Morgan fingerprint density at radius 3 is 2.80 bits per heavy atom. The third-order valence-corrected chi connectivity index (χ3v) is 3.06. The first-order chi connectivity index (χ1) is 6.99. The standard InChI is InChI=1S/C10H11BrClNO2/c1-3-15-10(14)7-8(12)5(2)4-6(11)9(7)13/h4H,3,13H2,1-2H3. The molecule has 1 aromatic carbocycles. The van der Waals surface area contributed by atoms with Crippen molar-refractivity contribution in [3.63, 3.8) is 0 Å². The van der Waals surface area contributed by atoms with Crippen LogP contribution in [0.5, 0.6) is 0 Å². The summed E-state index contributed by atoms with van der Waals surface area (Å²) in [5.74, 6) is -0.496. The molecule has 0 aromatic heterocycles. The van der Waals surface area contributed by atoms with Gasteiger partial charge in [-0.1, -0.05) is 11.6 Å². The highest BCUT2D eigenvalue weighted by Gasteiger charge is 2.19. The number of hydrogen-bond donors (Lipinski definition) is 1. The van der Waals surface area contributed by atoms with Crippen LogP contribution >= 0.6 is 27.5 Å². The molecule has 82 valence electrons. The molecule has 5 heteroatoms. The molecule has 1 rings (SSSR count). The number of nitrogens with two attached hydrogens (primary N) is 1. The van der Waals surface area contributed by atoms with E-state index in [2.05, 4.69) is 15.9 Å². The molecule has 0 heterocycles. The van der Waals surface area contributed by atoms with Gasteiger partial charge in [-0.3, -0.25) is 0 Å². The molecule has 0 spiro atoms. The Kier molecular flexibility index (Phi) is 3.99. The van der Waals surface area contributed by atoms with Crippen molar-refractivity contribution in [1.82, 2.24) is 0 Å². The maximum atomic E-state index is 11.6. The molecule has 0 aliphatic carbocycles. The molecule has 0 aliphatic heterocycles. The molecular formula is C10H11BrClNO2. The third-order valence-electron chi connectivity index (χ3n) is 1.92. The molecule has 0 amide bonds. The number of hydrogen-bond acceptors (Lipinski definition) is 3. The molecule has 15 heavy (non-hydrogen) atoms. The van der Waals surface area contributed by atoms with Gasteiger partial charge in [0.05, 0.1) is 17.3 Å². The normalized spacial score (nSPS) is 10.1. The zero-order valence-electron chi connectivity index (χ0n) is 8.43. The molecule has 0 saturated carbocycles. The average Bonchev–Trinajstić information content (AvgIpc) is 2.16. The lowest BCUT2D eigenvalue weighted by Gasteiger charge is -2.11. The Hall–Kier alpha value is -0.740. The van der Waals surface area contributed by atoms with Gasteiger partial charge in [0, 0.05) is 4.47 Å². The SMILES string of the molecule is CCOC(=O)c1c(N)c(Br)cc(C)c1Cl. The molecule has 0 saturated heterocycles. The topological polar surface area (TPSA) is 52.3 Å². The first kappa shape index (κ1) is 12.3. The van der Waals surface area contributed by atoms with Crippen LogP contribution in [0.25, 0.3) is 0 Å². The van der Waals surface area contributed by atoms with Crippen molar-refractivity contribution in [1.29, 1.82) is 0 Å². The fourth-order valence-electron chi connectivity index (χ4n) is 1.17. The van der Waals surface area contributed by atoms with Crippen LogP contribution in [0.1, 0.15) is 22.8 Å². The van der Waals surface area contributed by atoms with Crippen molar-refractivity contribution in [3.8, 4) is 0 Å². The Bertz CT molecular complexity index is 381. The third kappa shape index (κ3) is 2.44. The highest BCUT2D eigenvalue weighted by molar-refractivity contribution is 9.10. The highest BCUT2D eigenvalue weighted by Crippen LogP contribution is 2.33. The van der Waals surface area contributed by atoms with Crippen molar-refractivity contribution in [2.75, 3.05) is 12.3 Å². The summed E-state index contributed by atoms with van der Waals surface area (Å²) in [5, 5.41) is 0.342. The van der Waals surface area contributed by atoms with Crippen LogP contribution in [-0.2, 0) is 4.74 Å². The Morgan fingerprint density at radius 2 is 2.27 bits per heavy atom. The van der Waals surface area contributed by atoms with E-state index in [1.165, 1.54) is 0 Å². The number of halogens is 2. The molecule has 0 unspecified atom stereocenters. The van der Waals surface area contributed by atoms with E-state index in [1.807, 2.05) is 0 Å². The molecule has 3 nitrogen and oxygen atoms in total. The molecule has 0 atom stereocenters. The van der Waals surface area contributed by atoms with Crippen molar-refractivity contribution in [3.05, 3.63) is 26.7 Å². The monoisotopic (exact) mass is 291 g/mol. The zero-order valence-corrected chi connectivity index (χ0v) is 10.8. The zero-order chi connectivity index (χ0) is 11.6. The fourth-order valence-corrected chi connectivity index (χ4v) is 1.94. The summed E-state index contributed by atoms with van der Waals surface area (Å²) in [4.78, 5) is 11.6. The first-order valence-corrected chi connectivity index (χ1v) is 5.57. The number of ether oxygens (including phenoxy) is 1. The van der Waals surface area contributed by atoms with Crippen molar-refractivity contribution >= 4 is 39.2 Å². The quantitative estimate of drug-likeness (QED) is 0.673. The van der Waals surface area contributed by atoms with Gasteiger partial charge in [-0.15, -0.1) is 0 Å². The minimum atomic E-state index is -0.496. The van der Waals surface area contributed by atoms with Crippen LogP contribution < -0.4 is 5.73 Å². The fraction of sp³-hybridized carbons (Fsp3) is 0.300. The summed E-state index contributed by atoms with van der Waals surface area (Å²) in [7, 11) is 0. The van der Waals surface area contributed by atoms with Crippen molar-refractivity contribution in [2.24, 2.45) is 0 Å². The molecule has 0 bridgehead atoms. The van der Waals surface area contributed by atoms with E-state index < -0.39 is 5.97 Å². The molecule has 0 fully saturated rings. The van der Waals surface area contributed by atoms with Gasteiger partial charge in [-0.05, 0) is 41.4 Å². The van der Waals surface area contributed by atoms with Gasteiger partial charge in [-0.25, -0.2) is 4.79 Å². The summed E-state index contributed by atoms with van der Waals surface area (Å²) >= 11 is 9.26. The number of carbonyl (C=O) groups excluding carboxylic acids is 1. The Morgan fingerprint density at radius 1 is 1.67 bits per heavy atom. The summed E-state index contributed by atoms with van der Waals surface area (Å²) in [6.07, 6.45) is 0. The smallest absolute Gasteiger partial charge is 0.341 e. The van der Waals surface area contributed by atoms with E-state index in [4.69, 9.17) is 22.1 Å². The minimum absolute atomic E-state index is 0.227. The van der Waals surface area contributed by atoms with E-state index in [0.29, 0.717) is 21.8 Å². The number of carbonyl (C=O) groups is 1. The van der Waals surface area contributed by atoms with Gasteiger partial charge in [-0.2, -0.15) is 0 Å². The summed E-state index contributed by atoms with van der Waals surface area (Å²) < 4.78 is 5.52. The van der Waals surface area contributed by atoms with Crippen LogP contribution in [0.15, 0.2) is 10.5 Å². The molecule has 0 aliphatic rings. The van der Waals surface area contributed by atoms with Gasteiger partial charge >= 0.3 is 5.97 Å². The lowest BCUT2D eigenvalue weighted by atomic mass is 10.1. The predicted molar refractivity (Wildman–Crippen MR) is 64.3 cm³/mol. The Labute approximate surface area is 102 Å². The van der Waals surface area contributed by atoms with Crippen LogP contribution in [0.4, 0.5) is 5.69 Å². The van der Waals surface area contributed by atoms with Crippen LogP contribution in [0.3, 0.4) is 0 Å². The maximum absolute atomic E-state index is 11.6. The maximum Gasteiger partial charge on any atom is 0.341 e. The number of anilines is 1. The van der Waals surface area contributed by atoms with Gasteiger partial charge < -0.3 is 10.5 Å². The number of aryl methyl sites for hydroxylation is 1. The lowest BCUT2D eigenvalue weighted by Crippen LogP contribution is -2.10. The predicted octanol–water partition coefficient (Wildman–Crippen LogP) is 3.17. The van der Waals surface area contributed by atoms with Crippen LogP contribution in [0.2, 0.25) is 5.02 Å². The number of nitrogen functional groups attached to an aromatic ring is 1.